The number of amides is 1. The number of hydrogen-bond acceptors (Lipinski definition) is 2. The van der Waals surface area contributed by atoms with Crippen LogP contribution >= 0.6 is 0 Å². The first-order chi connectivity index (χ1) is 7.94. The minimum atomic E-state index is -0.120. The highest BCUT2D eigenvalue weighted by Gasteiger charge is 2.29. The van der Waals surface area contributed by atoms with E-state index in [4.69, 9.17) is 0 Å². The maximum absolute atomic E-state index is 12.2. The summed E-state index contributed by atoms with van der Waals surface area (Å²) in [4.78, 5) is 14.6. The normalized spacial score (nSPS) is 22.5. The predicted molar refractivity (Wildman–Crippen MR) is 72.0 cm³/mol. The molecule has 0 aromatic heterocycles. The molecule has 0 saturated carbocycles. The van der Waals surface area contributed by atoms with Gasteiger partial charge in [0.05, 0.1) is 6.04 Å². The van der Waals surface area contributed by atoms with E-state index in [1.165, 1.54) is 25.7 Å². The molecule has 1 atom stereocenters. The molecule has 0 aromatic rings. The van der Waals surface area contributed by atoms with E-state index in [1.54, 1.807) is 0 Å². The van der Waals surface area contributed by atoms with Crippen LogP contribution < -0.4 is 5.32 Å². The summed E-state index contributed by atoms with van der Waals surface area (Å²) < 4.78 is 0. The Kier molecular flexibility index (Phi) is 5.44. The average molecular weight is 240 g/mol. The number of piperidine rings is 1. The van der Waals surface area contributed by atoms with Gasteiger partial charge >= 0.3 is 0 Å². The highest BCUT2D eigenvalue weighted by molar-refractivity contribution is 5.82. The number of carbonyl (C=O) groups excluding carboxylic acids is 1. The van der Waals surface area contributed by atoms with E-state index in [-0.39, 0.29) is 17.5 Å². The van der Waals surface area contributed by atoms with Crippen molar-refractivity contribution in [3.63, 3.8) is 0 Å². The third-order valence-corrected chi connectivity index (χ3v) is 3.21. The number of rotatable bonds is 4. The molecule has 1 aliphatic rings. The minimum absolute atomic E-state index is 0.106. The summed E-state index contributed by atoms with van der Waals surface area (Å²) >= 11 is 0. The summed E-state index contributed by atoms with van der Waals surface area (Å²) in [6.07, 6.45) is 5.84. The van der Waals surface area contributed by atoms with Crippen molar-refractivity contribution < 1.29 is 4.79 Å². The molecule has 1 fully saturated rings. The molecule has 1 rings (SSSR count). The maximum Gasteiger partial charge on any atom is 0.237 e. The van der Waals surface area contributed by atoms with Crippen LogP contribution in [0.2, 0.25) is 0 Å². The van der Waals surface area contributed by atoms with Gasteiger partial charge in [-0.1, -0.05) is 19.8 Å². The second-order valence-electron chi connectivity index (χ2n) is 6.14. The number of carbonyl (C=O) groups is 1. The molecular weight excluding hydrogens is 212 g/mol. The van der Waals surface area contributed by atoms with Gasteiger partial charge in [0.2, 0.25) is 5.91 Å². The summed E-state index contributed by atoms with van der Waals surface area (Å²) in [6, 6.07) is 0.106. The number of hydrogen-bond donors (Lipinski definition) is 1. The smallest absolute Gasteiger partial charge is 0.237 e. The second kappa shape index (κ2) is 6.39. The monoisotopic (exact) mass is 240 g/mol. The van der Waals surface area contributed by atoms with Gasteiger partial charge < -0.3 is 5.32 Å². The van der Waals surface area contributed by atoms with Gasteiger partial charge in [-0.25, -0.2) is 0 Å². The lowest BCUT2D eigenvalue weighted by atomic mass is 9.99. The quantitative estimate of drug-likeness (QED) is 0.819. The van der Waals surface area contributed by atoms with Crippen LogP contribution in [0.4, 0.5) is 0 Å². The maximum atomic E-state index is 12.2. The van der Waals surface area contributed by atoms with Crippen molar-refractivity contribution >= 4 is 5.91 Å². The van der Waals surface area contributed by atoms with Crippen molar-refractivity contribution in [2.75, 3.05) is 13.1 Å². The molecule has 0 bridgehead atoms. The Morgan fingerprint density at radius 3 is 2.65 bits per heavy atom. The standard InChI is InChI=1S/C14H28N2O/c1-5-6-10-16-11-8-7-9-12(16)13(17)15-14(2,3)4/h12H,5-11H2,1-4H3,(H,15,17). The lowest BCUT2D eigenvalue weighted by Crippen LogP contribution is -2.53. The Hall–Kier alpha value is -0.570. The molecule has 1 amide bonds. The van der Waals surface area contributed by atoms with Gasteiger partial charge in [0, 0.05) is 5.54 Å². The Labute approximate surface area is 106 Å². The average Bonchev–Trinajstić information content (AvgIpc) is 2.24. The van der Waals surface area contributed by atoms with E-state index >= 15 is 0 Å². The summed E-state index contributed by atoms with van der Waals surface area (Å²) in [5.74, 6) is 0.216. The Morgan fingerprint density at radius 1 is 1.35 bits per heavy atom. The van der Waals surface area contributed by atoms with Crippen molar-refractivity contribution in [1.82, 2.24) is 10.2 Å². The molecule has 0 aromatic carbocycles. The third kappa shape index (κ3) is 5.07. The van der Waals surface area contributed by atoms with Gasteiger partial charge in [-0.3, -0.25) is 9.69 Å². The lowest BCUT2D eigenvalue weighted by Gasteiger charge is -2.36. The van der Waals surface area contributed by atoms with Crippen LogP contribution in [0.25, 0.3) is 0 Å². The summed E-state index contributed by atoms with van der Waals surface area (Å²) in [5, 5.41) is 3.11. The largest absolute Gasteiger partial charge is 0.350 e. The van der Waals surface area contributed by atoms with E-state index in [9.17, 15) is 4.79 Å². The van der Waals surface area contributed by atoms with E-state index < -0.39 is 0 Å². The van der Waals surface area contributed by atoms with Crippen molar-refractivity contribution in [1.29, 1.82) is 0 Å². The highest BCUT2D eigenvalue weighted by Crippen LogP contribution is 2.18. The van der Waals surface area contributed by atoms with Gasteiger partial charge in [0.25, 0.3) is 0 Å². The van der Waals surface area contributed by atoms with Crippen LogP contribution in [0.15, 0.2) is 0 Å². The molecule has 3 nitrogen and oxygen atoms in total. The zero-order valence-electron chi connectivity index (χ0n) is 11.9. The molecule has 3 heteroatoms. The fraction of sp³-hybridized carbons (Fsp3) is 0.929. The fourth-order valence-corrected chi connectivity index (χ4v) is 2.37. The third-order valence-electron chi connectivity index (χ3n) is 3.21. The van der Waals surface area contributed by atoms with E-state index in [0.717, 1.165) is 19.5 Å². The van der Waals surface area contributed by atoms with Gasteiger partial charge in [0.1, 0.15) is 0 Å². The molecule has 1 N–H and O–H groups in total. The topological polar surface area (TPSA) is 32.3 Å². The first-order valence-electron chi connectivity index (χ1n) is 7.00. The van der Waals surface area contributed by atoms with Crippen LogP contribution in [-0.4, -0.2) is 35.5 Å². The molecule has 1 saturated heterocycles. The lowest BCUT2D eigenvalue weighted by molar-refractivity contribution is -0.129. The molecule has 100 valence electrons. The summed E-state index contributed by atoms with van der Waals surface area (Å²) in [5.41, 5.74) is -0.120. The van der Waals surface area contributed by atoms with Crippen LogP contribution in [-0.2, 0) is 4.79 Å². The Balaban J connectivity index is 2.54. The first-order valence-corrected chi connectivity index (χ1v) is 7.00. The van der Waals surface area contributed by atoms with E-state index in [0.29, 0.717) is 0 Å². The van der Waals surface area contributed by atoms with Crippen molar-refractivity contribution in [2.24, 2.45) is 0 Å². The summed E-state index contributed by atoms with van der Waals surface area (Å²) in [7, 11) is 0. The molecule has 0 radical (unpaired) electrons. The van der Waals surface area contributed by atoms with Gasteiger partial charge in [-0.15, -0.1) is 0 Å². The number of nitrogens with one attached hydrogen (secondary N) is 1. The molecule has 1 heterocycles. The Bertz CT molecular complexity index is 245. The zero-order valence-corrected chi connectivity index (χ0v) is 11.9. The molecule has 1 aliphatic heterocycles. The predicted octanol–water partition coefficient (Wildman–Crippen LogP) is 2.56. The van der Waals surface area contributed by atoms with Crippen LogP contribution in [0, 0.1) is 0 Å². The molecule has 0 spiro atoms. The summed E-state index contributed by atoms with van der Waals surface area (Å²) in [6.45, 7) is 10.5. The number of unbranched alkanes of at least 4 members (excludes halogenated alkanes) is 1. The fourth-order valence-electron chi connectivity index (χ4n) is 2.37. The molecule has 17 heavy (non-hydrogen) atoms. The second-order valence-corrected chi connectivity index (χ2v) is 6.14. The van der Waals surface area contributed by atoms with Crippen molar-refractivity contribution in [3.8, 4) is 0 Å². The van der Waals surface area contributed by atoms with Gasteiger partial charge in [-0.05, 0) is 53.1 Å². The van der Waals surface area contributed by atoms with Crippen molar-refractivity contribution in [3.05, 3.63) is 0 Å². The van der Waals surface area contributed by atoms with Crippen molar-refractivity contribution in [2.45, 2.75) is 71.4 Å². The van der Waals surface area contributed by atoms with Crippen LogP contribution in [0.3, 0.4) is 0 Å². The zero-order chi connectivity index (χ0) is 12.9. The Morgan fingerprint density at radius 2 is 2.06 bits per heavy atom. The first kappa shape index (κ1) is 14.5. The minimum Gasteiger partial charge on any atom is -0.350 e. The van der Waals surface area contributed by atoms with E-state index in [1.807, 2.05) is 20.8 Å². The van der Waals surface area contributed by atoms with Crippen LogP contribution in [0.5, 0.6) is 0 Å². The SMILES string of the molecule is CCCCN1CCCCC1C(=O)NC(C)(C)C. The van der Waals surface area contributed by atoms with Gasteiger partial charge in [-0.2, -0.15) is 0 Å². The highest BCUT2D eigenvalue weighted by atomic mass is 16.2. The number of likely N-dealkylation sites (tertiary alicyclic amines) is 1. The molecular formula is C14H28N2O. The van der Waals surface area contributed by atoms with Crippen LogP contribution in [0.1, 0.15) is 59.8 Å². The van der Waals surface area contributed by atoms with E-state index in [2.05, 4.69) is 17.1 Å². The molecule has 0 aliphatic carbocycles. The molecule has 1 unspecified atom stereocenters. The number of nitrogens with zero attached hydrogens (tertiary/aromatic N) is 1. The van der Waals surface area contributed by atoms with Gasteiger partial charge in [0.15, 0.2) is 0 Å².